The SMILES string of the molecule is COC1(CNCC(=O)Nc2cccc(Cl)c2)CCOC1. The molecule has 6 heteroatoms. The Hall–Kier alpha value is -1.14. The van der Waals surface area contributed by atoms with Crippen molar-refractivity contribution in [2.45, 2.75) is 12.0 Å². The average Bonchev–Trinajstić information content (AvgIpc) is 2.88. The molecule has 1 unspecified atom stereocenters. The van der Waals surface area contributed by atoms with Gasteiger partial charge in [0.1, 0.15) is 5.60 Å². The van der Waals surface area contributed by atoms with Crippen molar-refractivity contribution in [3.05, 3.63) is 29.3 Å². The highest BCUT2D eigenvalue weighted by Crippen LogP contribution is 2.21. The minimum Gasteiger partial charge on any atom is -0.378 e. The molecular formula is C14H19ClN2O3. The Labute approximate surface area is 123 Å². The van der Waals surface area contributed by atoms with Gasteiger partial charge in [-0.3, -0.25) is 4.79 Å². The van der Waals surface area contributed by atoms with E-state index < -0.39 is 0 Å². The summed E-state index contributed by atoms with van der Waals surface area (Å²) in [6.07, 6.45) is 0.840. The Kier molecular flexibility index (Phi) is 5.37. The minimum atomic E-state index is -0.309. The maximum Gasteiger partial charge on any atom is 0.238 e. The van der Waals surface area contributed by atoms with Crippen molar-refractivity contribution in [1.82, 2.24) is 5.32 Å². The molecule has 1 fully saturated rings. The first-order valence-corrected chi connectivity index (χ1v) is 6.90. The van der Waals surface area contributed by atoms with E-state index in [-0.39, 0.29) is 18.1 Å². The third-order valence-corrected chi connectivity index (χ3v) is 3.58. The molecule has 5 nitrogen and oxygen atoms in total. The Morgan fingerprint density at radius 3 is 3.05 bits per heavy atom. The number of nitrogens with one attached hydrogen (secondary N) is 2. The Morgan fingerprint density at radius 1 is 1.55 bits per heavy atom. The van der Waals surface area contributed by atoms with Crippen molar-refractivity contribution in [3.63, 3.8) is 0 Å². The minimum absolute atomic E-state index is 0.113. The van der Waals surface area contributed by atoms with Crippen LogP contribution in [0.5, 0.6) is 0 Å². The first-order chi connectivity index (χ1) is 9.63. The molecule has 1 atom stereocenters. The van der Waals surface area contributed by atoms with Gasteiger partial charge in [-0.1, -0.05) is 17.7 Å². The highest BCUT2D eigenvalue weighted by atomic mass is 35.5. The number of carbonyl (C=O) groups is 1. The number of hydrogen-bond acceptors (Lipinski definition) is 4. The van der Waals surface area contributed by atoms with Crippen molar-refractivity contribution in [2.75, 3.05) is 38.7 Å². The van der Waals surface area contributed by atoms with Gasteiger partial charge in [0, 0.05) is 37.4 Å². The van der Waals surface area contributed by atoms with Crippen LogP contribution in [0, 0.1) is 0 Å². The third-order valence-electron chi connectivity index (χ3n) is 3.34. The molecule has 0 bridgehead atoms. The van der Waals surface area contributed by atoms with E-state index >= 15 is 0 Å². The molecule has 1 amide bonds. The summed E-state index contributed by atoms with van der Waals surface area (Å²) in [5, 5.41) is 6.48. The predicted octanol–water partition coefficient (Wildman–Crippen LogP) is 1.67. The number of halogens is 1. The number of methoxy groups -OCH3 is 1. The Bertz CT molecular complexity index is 461. The van der Waals surface area contributed by atoms with Crippen LogP contribution < -0.4 is 10.6 Å². The molecule has 1 saturated heterocycles. The summed E-state index contributed by atoms with van der Waals surface area (Å²) >= 11 is 5.86. The van der Waals surface area contributed by atoms with Gasteiger partial charge in [0.05, 0.1) is 13.2 Å². The predicted molar refractivity (Wildman–Crippen MR) is 78.1 cm³/mol. The van der Waals surface area contributed by atoms with E-state index in [0.29, 0.717) is 30.5 Å². The van der Waals surface area contributed by atoms with Crippen LogP contribution in [0.3, 0.4) is 0 Å². The van der Waals surface area contributed by atoms with Crippen molar-refractivity contribution in [2.24, 2.45) is 0 Å². The van der Waals surface area contributed by atoms with Crippen molar-refractivity contribution < 1.29 is 14.3 Å². The van der Waals surface area contributed by atoms with E-state index in [9.17, 15) is 4.79 Å². The molecule has 0 spiro atoms. The van der Waals surface area contributed by atoms with Gasteiger partial charge in [-0.2, -0.15) is 0 Å². The van der Waals surface area contributed by atoms with E-state index in [4.69, 9.17) is 21.1 Å². The van der Waals surface area contributed by atoms with Gasteiger partial charge in [0.15, 0.2) is 0 Å². The smallest absolute Gasteiger partial charge is 0.238 e. The molecule has 1 aromatic carbocycles. The first-order valence-electron chi connectivity index (χ1n) is 6.53. The molecule has 2 N–H and O–H groups in total. The van der Waals surface area contributed by atoms with Crippen LogP contribution >= 0.6 is 11.6 Å². The fourth-order valence-electron chi connectivity index (χ4n) is 2.14. The topological polar surface area (TPSA) is 59.6 Å². The van der Waals surface area contributed by atoms with E-state index in [1.807, 2.05) is 0 Å². The van der Waals surface area contributed by atoms with Gasteiger partial charge in [-0.25, -0.2) is 0 Å². The lowest BCUT2D eigenvalue weighted by molar-refractivity contribution is -0.115. The number of benzene rings is 1. The quantitative estimate of drug-likeness (QED) is 0.839. The van der Waals surface area contributed by atoms with Gasteiger partial charge in [-0.05, 0) is 18.2 Å². The van der Waals surface area contributed by atoms with Gasteiger partial charge >= 0.3 is 0 Å². The zero-order valence-electron chi connectivity index (χ0n) is 11.4. The normalized spacial score (nSPS) is 21.9. The molecule has 0 radical (unpaired) electrons. The number of rotatable bonds is 6. The second-order valence-corrected chi connectivity index (χ2v) is 5.29. The summed E-state index contributed by atoms with van der Waals surface area (Å²) in [4.78, 5) is 11.8. The average molecular weight is 299 g/mol. The third kappa shape index (κ3) is 4.18. The zero-order chi connectivity index (χ0) is 14.4. The summed E-state index contributed by atoms with van der Waals surface area (Å²) in [5.41, 5.74) is 0.381. The second kappa shape index (κ2) is 7.04. The van der Waals surface area contributed by atoms with Crippen molar-refractivity contribution >= 4 is 23.2 Å². The molecule has 0 aliphatic carbocycles. The van der Waals surface area contributed by atoms with Crippen LogP contribution in [0.4, 0.5) is 5.69 Å². The van der Waals surface area contributed by atoms with Crippen LogP contribution in [0.15, 0.2) is 24.3 Å². The maximum absolute atomic E-state index is 11.8. The molecule has 20 heavy (non-hydrogen) atoms. The molecule has 1 aromatic rings. The molecule has 110 valence electrons. The van der Waals surface area contributed by atoms with E-state index in [1.54, 1.807) is 31.4 Å². The lowest BCUT2D eigenvalue weighted by Gasteiger charge is -2.25. The molecule has 2 rings (SSSR count). The number of ether oxygens (including phenoxy) is 2. The largest absolute Gasteiger partial charge is 0.378 e. The highest BCUT2D eigenvalue weighted by Gasteiger charge is 2.34. The molecule has 1 heterocycles. The molecular weight excluding hydrogens is 280 g/mol. The number of anilines is 1. The molecule has 1 aliphatic rings. The maximum atomic E-state index is 11.8. The summed E-state index contributed by atoms with van der Waals surface area (Å²) in [6, 6.07) is 7.06. The van der Waals surface area contributed by atoms with Crippen LogP contribution in [0.2, 0.25) is 5.02 Å². The van der Waals surface area contributed by atoms with Gasteiger partial charge in [0.25, 0.3) is 0 Å². The van der Waals surface area contributed by atoms with Gasteiger partial charge < -0.3 is 20.1 Å². The summed E-state index contributed by atoms with van der Waals surface area (Å²) < 4.78 is 10.8. The van der Waals surface area contributed by atoms with Gasteiger partial charge in [-0.15, -0.1) is 0 Å². The summed E-state index contributed by atoms with van der Waals surface area (Å²) in [5.74, 6) is -0.113. The van der Waals surface area contributed by atoms with Crippen molar-refractivity contribution in [1.29, 1.82) is 0 Å². The molecule has 0 saturated carbocycles. The standard InChI is InChI=1S/C14H19ClN2O3/c1-19-14(5-6-20-10-14)9-16-8-13(18)17-12-4-2-3-11(15)7-12/h2-4,7,16H,5-6,8-10H2,1H3,(H,17,18). The number of hydrogen-bond donors (Lipinski definition) is 2. The van der Waals surface area contributed by atoms with Crippen LogP contribution in [0.1, 0.15) is 6.42 Å². The zero-order valence-corrected chi connectivity index (χ0v) is 12.2. The summed E-state index contributed by atoms with van der Waals surface area (Å²) in [7, 11) is 1.67. The Morgan fingerprint density at radius 2 is 2.40 bits per heavy atom. The van der Waals surface area contributed by atoms with E-state index in [2.05, 4.69) is 10.6 Å². The number of amides is 1. The van der Waals surface area contributed by atoms with Crippen LogP contribution in [-0.2, 0) is 14.3 Å². The lowest BCUT2D eigenvalue weighted by Crippen LogP contribution is -2.45. The van der Waals surface area contributed by atoms with Crippen LogP contribution in [-0.4, -0.2) is 44.9 Å². The highest BCUT2D eigenvalue weighted by molar-refractivity contribution is 6.30. The first kappa shape index (κ1) is 15.3. The van der Waals surface area contributed by atoms with E-state index in [0.717, 1.165) is 6.42 Å². The molecule has 0 aromatic heterocycles. The monoisotopic (exact) mass is 298 g/mol. The fraction of sp³-hybridized carbons (Fsp3) is 0.500. The molecule has 1 aliphatic heterocycles. The fourth-order valence-corrected chi connectivity index (χ4v) is 2.33. The van der Waals surface area contributed by atoms with Gasteiger partial charge in [0.2, 0.25) is 5.91 Å². The van der Waals surface area contributed by atoms with Crippen LogP contribution in [0.25, 0.3) is 0 Å². The van der Waals surface area contributed by atoms with Crippen molar-refractivity contribution in [3.8, 4) is 0 Å². The lowest BCUT2D eigenvalue weighted by atomic mass is 10.0. The van der Waals surface area contributed by atoms with E-state index in [1.165, 1.54) is 0 Å². The second-order valence-electron chi connectivity index (χ2n) is 4.85. The Balaban J connectivity index is 1.75. The number of carbonyl (C=O) groups excluding carboxylic acids is 1. The summed E-state index contributed by atoms with van der Waals surface area (Å²) in [6.45, 7) is 2.07.